The Morgan fingerprint density at radius 3 is 2.56 bits per heavy atom. The van der Waals surface area contributed by atoms with Gasteiger partial charge in [0.05, 0.1) is 18.0 Å². The van der Waals surface area contributed by atoms with Gasteiger partial charge in [-0.25, -0.2) is 13.8 Å². The first-order valence-corrected chi connectivity index (χ1v) is 8.31. The molecule has 0 aliphatic heterocycles. The van der Waals surface area contributed by atoms with Crippen molar-refractivity contribution in [2.24, 2.45) is 7.05 Å². The molecule has 1 aromatic carbocycles. The van der Waals surface area contributed by atoms with Gasteiger partial charge in [0.1, 0.15) is 17.3 Å². The summed E-state index contributed by atoms with van der Waals surface area (Å²) in [6, 6.07) is 8.45. The van der Waals surface area contributed by atoms with Crippen LogP contribution in [0.25, 0.3) is 11.3 Å². The number of carbonyl (C=O) groups is 1. The van der Waals surface area contributed by atoms with E-state index in [0.717, 1.165) is 17.7 Å². The predicted molar refractivity (Wildman–Crippen MR) is 96.7 cm³/mol. The molecule has 3 aromatic rings. The van der Waals surface area contributed by atoms with Gasteiger partial charge in [-0.1, -0.05) is 6.07 Å². The summed E-state index contributed by atoms with van der Waals surface area (Å²) in [5.74, 6) is -1.91. The number of benzene rings is 1. The van der Waals surface area contributed by atoms with E-state index in [4.69, 9.17) is 4.74 Å². The van der Waals surface area contributed by atoms with Gasteiger partial charge in [-0.05, 0) is 38.1 Å². The lowest BCUT2D eigenvalue weighted by Gasteiger charge is -2.08. The minimum Gasteiger partial charge on any atom is -0.478 e. The number of anilines is 1. The van der Waals surface area contributed by atoms with Crippen molar-refractivity contribution in [2.45, 2.75) is 13.8 Å². The highest BCUT2D eigenvalue weighted by atomic mass is 19.1. The third-order valence-electron chi connectivity index (χ3n) is 3.94. The van der Waals surface area contributed by atoms with Crippen molar-refractivity contribution in [3.05, 3.63) is 59.4 Å². The van der Waals surface area contributed by atoms with Crippen LogP contribution in [0.4, 0.5) is 14.5 Å². The minimum absolute atomic E-state index is 0.0310. The van der Waals surface area contributed by atoms with Crippen LogP contribution >= 0.6 is 0 Å². The van der Waals surface area contributed by atoms with Gasteiger partial charge in [0, 0.05) is 18.7 Å². The predicted octanol–water partition coefficient (Wildman–Crippen LogP) is 3.72. The number of halogens is 2. The van der Waals surface area contributed by atoms with Crippen LogP contribution in [0.1, 0.15) is 23.1 Å². The van der Waals surface area contributed by atoms with E-state index in [1.165, 1.54) is 10.7 Å². The highest BCUT2D eigenvalue weighted by Crippen LogP contribution is 2.25. The largest absolute Gasteiger partial charge is 0.478 e. The van der Waals surface area contributed by atoms with Crippen LogP contribution in [-0.2, 0) is 7.05 Å². The van der Waals surface area contributed by atoms with Gasteiger partial charge in [-0.15, -0.1) is 0 Å². The Morgan fingerprint density at radius 2 is 1.93 bits per heavy atom. The molecule has 0 bridgehead atoms. The van der Waals surface area contributed by atoms with Crippen molar-refractivity contribution in [1.29, 1.82) is 0 Å². The Labute approximate surface area is 154 Å². The van der Waals surface area contributed by atoms with Crippen molar-refractivity contribution in [2.75, 3.05) is 11.9 Å². The first-order valence-electron chi connectivity index (χ1n) is 8.31. The Balaban J connectivity index is 1.89. The van der Waals surface area contributed by atoms with Crippen molar-refractivity contribution < 1.29 is 18.3 Å². The Hall–Kier alpha value is -3.29. The summed E-state index contributed by atoms with van der Waals surface area (Å²) in [4.78, 5) is 16.7. The van der Waals surface area contributed by atoms with E-state index in [1.807, 2.05) is 19.9 Å². The van der Waals surface area contributed by atoms with Crippen LogP contribution in [0.5, 0.6) is 5.88 Å². The van der Waals surface area contributed by atoms with E-state index >= 15 is 0 Å². The fourth-order valence-corrected chi connectivity index (χ4v) is 2.66. The molecular formula is C19H18F2N4O2. The van der Waals surface area contributed by atoms with Gasteiger partial charge in [-0.3, -0.25) is 9.48 Å². The number of ether oxygens (including phenoxy) is 1. The molecule has 1 amide bonds. The molecule has 2 heterocycles. The molecule has 6 nitrogen and oxygen atoms in total. The lowest BCUT2D eigenvalue weighted by atomic mass is 10.1. The molecule has 1 N–H and O–H groups in total. The molecule has 0 fully saturated rings. The second-order valence-corrected chi connectivity index (χ2v) is 5.80. The maximum atomic E-state index is 13.7. The topological polar surface area (TPSA) is 69.0 Å². The molecule has 0 saturated heterocycles. The average Bonchev–Trinajstić information content (AvgIpc) is 3.00. The van der Waals surface area contributed by atoms with Gasteiger partial charge in [0.25, 0.3) is 5.91 Å². The molecule has 0 unspecified atom stereocenters. The molecule has 0 aliphatic carbocycles. The maximum Gasteiger partial charge on any atom is 0.276 e. The monoisotopic (exact) mass is 372 g/mol. The van der Waals surface area contributed by atoms with E-state index in [0.29, 0.717) is 23.9 Å². The second-order valence-electron chi connectivity index (χ2n) is 5.80. The van der Waals surface area contributed by atoms with Crippen LogP contribution in [0.2, 0.25) is 0 Å². The number of para-hydroxylation sites is 1. The third kappa shape index (κ3) is 3.79. The number of nitrogens with one attached hydrogen (secondary N) is 1. The van der Waals surface area contributed by atoms with Gasteiger partial charge in [0.15, 0.2) is 5.69 Å². The number of carbonyl (C=O) groups excluding carboxylic acids is 1. The standard InChI is InChI=1S/C19H18F2N4O2/c1-4-27-17-9-8-12(11(2)22-17)16-10-15(24-25(16)3)19(26)23-18-13(20)6-5-7-14(18)21/h5-10H,4H2,1-3H3,(H,23,26). The number of aromatic nitrogens is 3. The number of hydrogen-bond donors (Lipinski definition) is 1. The third-order valence-corrected chi connectivity index (χ3v) is 3.94. The van der Waals surface area contributed by atoms with Crippen molar-refractivity contribution in [1.82, 2.24) is 14.8 Å². The minimum atomic E-state index is -0.855. The molecule has 0 atom stereocenters. The highest BCUT2D eigenvalue weighted by Gasteiger charge is 2.19. The first kappa shape index (κ1) is 18.5. The lowest BCUT2D eigenvalue weighted by Crippen LogP contribution is -2.15. The summed E-state index contributed by atoms with van der Waals surface area (Å²) in [6.45, 7) is 4.20. The van der Waals surface area contributed by atoms with E-state index in [2.05, 4.69) is 15.4 Å². The van der Waals surface area contributed by atoms with Crippen molar-refractivity contribution >= 4 is 11.6 Å². The number of nitrogens with zero attached hydrogens (tertiary/aromatic N) is 3. The van der Waals surface area contributed by atoms with Crippen LogP contribution < -0.4 is 10.1 Å². The zero-order valence-corrected chi connectivity index (χ0v) is 15.1. The van der Waals surface area contributed by atoms with Gasteiger partial charge < -0.3 is 10.1 Å². The Morgan fingerprint density at radius 1 is 1.22 bits per heavy atom. The molecule has 0 saturated carbocycles. The molecule has 8 heteroatoms. The van der Waals surface area contributed by atoms with E-state index in [9.17, 15) is 13.6 Å². The van der Waals surface area contributed by atoms with Crippen LogP contribution in [0, 0.1) is 18.6 Å². The molecule has 27 heavy (non-hydrogen) atoms. The molecule has 0 aliphatic rings. The van der Waals surface area contributed by atoms with Crippen LogP contribution in [0.3, 0.4) is 0 Å². The van der Waals surface area contributed by atoms with E-state index < -0.39 is 23.2 Å². The Bertz CT molecular complexity index is 981. The Kier molecular flexibility index (Phi) is 5.16. The van der Waals surface area contributed by atoms with Gasteiger partial charge in [-0.2, -0.15) is 5.10 Å². The van der Waals surface area contributed by atoms with Gasteiger partial charge >= 0.3 is 0 Å². The fraction of sp³-hybridized carbons (Fsp3) is 0.211. The first-order chi connectivity index (χ1) is 12.9. The lowest BCUT2D eigenvalue weighted by molar-refractivity contribution is 0.102. The molecule has 2 aromatic heterocycles. The quantitative estimate of drug-likeness (QED) is 0.741. The normalized spacial score (nSPS) is 10.7. The second kappa shape index (κ2) is 7.53. The maximum absolute atomic E-state index is 13.7. The van der Waals surface area contributed by atoms with Gasteiger partial charge in [0.2, 0.25) is 5.88 Å². The van der Waals surface area contributed by atoms with Crippen molar-refractivity contribution in [3.63, 3.8) is 0 Å². The number of amides is 1. The molecule has 140 valence electrons. The SMILES string of the molecule is CCOc1ccc(-c2cc(C(=O)Nc3c(F)cccc3F)nn2C)c(C)n1. The number of pyridine rings is 1. The summed E-state index contributed by atoms with van der Waals surface area (Å²) in [6.07, 6.45) is 0. The van der Waals surface area contributed by atoms with Crippen molar-refractivity contribution in [3.8, 4) is 17.1 Å². The van der Waals surface area contributed by atoms with Crippen LogP contribution in [-0.4, -0.2) is 27.3 Å². The smallest absolute Gasteiger partial charge is 0.276 e. The van der Waals surface area contributed by atoms with Crippen LogP contribution in [0.15, 0.2) is 36.4 Å². The zero-order chi connectivity index (χ0) is 19.6. The number of hydrogen-bond acceptors (Lipinski definition) is 4. The fourth-order valence-electron chi connectivity index (χ4n) is 2.66. The molecule has 0 radical (unpaired) electrons. The molecular weight excluding hydrogens is 354 g/mol. The van der Waals surface area contributed by atoms with E-state index in [-0.39, 0.29) is 5.69 Å². The molecule has 0 spiro atoms. The number of rotatable bonds is 5. The zero-order valence-electron chi connectivity index (χ0n) is 15.1. The summed E-state index contributed by atoms with van der Waals surface area (Å²) in [5, 5.41) is 6.37. The summed E-state index contributed by atoms with van der Waals surface area (Å²) in [7, 11) is 1.67. The average molecular weight is 372 g/mol. The summed E-state index contributed by atoms with van der Waals surface area (Å²) in [5.41, 5.74) is 1.64. The highest BCUT2D eigenvalue weighted by molar-refractivity contribution is 6.03. The number of aryl methyl sites for hydroxylation is 2. The summed E-state index contributed by atoms with van der Waals surface area (Å²) < 4.78 is 34.3. The summed E-state index contributed by atoms with van der Waals surface area (Å²) >= 11 is 0. The molecule has 3 rings (SSSR count). The van der Waals surface area contributed by atoms with E-state index in [1.54, 1.807) is 19.2 Å².